The van der Waals surface area contributed by atoms with Crippen LogP contribution < -0.4 is 10.5 Å². The number of rotatable bonds is 12. The summed E-state index contributed by atoms with van der Waals surface area (Å²) >= 11 is 1.70. The van der Waals surface area contributed by atoms with E-state index in [0.717, 1.165) is 53.1 Å². The molecule has 0 spiro atoms. The molecule has 0 radical (unpaired) electrons. The lowest BCUT2D eigenvalue weighted by Gasteiger charge is -2.17. The molecule has 3 aromatic carbocycles. The number of thioether (sulfide) groups is 1. The van der Waals surface area contributed by atoms with Gasteiger partial charge in [0.25, 0.3) is 0 Å². The van der Waals surface area contributed by atoms with Gasteiger partial charge < -0.3 is 5.32 Å². The lowest BCUT2D eigenvalue weighted by Crippen LogP contribution is -2.18. The summed E-state index contributed by atoms with van der Waals surface area (Å²) in [7, 11) is -3.85. The average molecular weight is 469 g/mol. The molecule has 0 fully saturated rings. The first kappa shape index (κ1) is 24.5. The van der Waals surface area contributed by atoms with Crippen LogP contribution in [0.15, 0.2) is 82.6 Å². The second-order valence-corrected chi connectivity index (χ2v) is 10.6. The summed E-state index contributed by atoms with van der Waals surface area (Å²) in [5, 5.41) is 9.10. The summed E-state index contributed by atoms with van der Waals surface area (Å²) in [6.07, 6.45) is 3.66. The molecule has 6 heteroatoms. The summed E-state index contributed by atoms with van der Waals surface area (Å²) in [6.45, 7) is 3.68. The van der Waals surface area contributed by atoms with Gasteiger partial charge in [0.15, 0.2) is 0 Å². The van der Waals surface area contributed by atoms with Crippen molar-refractivity contribution in [2.45, 2.75) is 48.9 Å². The molecule has 0 unspecified atom stereocenters. The van der Waals surface area contributed by atoms with E-state index < -0.39 is 10.0 Å². The van der Waals surface area contributed by atoms with Gasteiger partial charge in [-0.1, -0.05) is 74.0 Å². The fraction of sp³-hybridized carbons (Fsp3) is 0.308. The Morgan fingerprint density at radius 2 is 1.56 bits per heavy atom. The lowest BCUT2D eigenvalue weighted by atomic mass is 10.0. The third-order valence-electron chi connectivity index (χ3n) is 5.29. The van der Waals surface area contributed by atoms with Crippen LogP contribution in [0.3, 0.4) is 0 Å². The number of aryl methyl sites for hydroxylation is 1. The number of nitrogens with two attached hydrogens (primary N) is 1. The van der Waals surface area contributed by atoms with Gasteiger partial charge in [0.2, 0.25) is 10.0 Å². The zero-order valence-corrected chi connectivity index (χ0v) is 20.2. The standard InChI is InChI=1S/C26H32N2O2S2/c1-2-3-15-28-20-23-18-25(31-16-14-21-10-6-4-7-11-21)24(26(19-23)32(27,29)30)17-22-12-8-5-9-13-22/h4-13,18-19,28H,2-3,14-17,20H2,1H3,(H2,27,29,30). The van der Waals surface area contributed by atoms with Crippen molar-refractivity contribution >= 4 is 21.8 Å². The molecule has 0 saturated heterocycles. The molecule has 0 atom stereocenters. The van der Waals surface area contributed by atoms with Gasteiger partial charge in [0, 0.05) is 17.2 Å². The highest BCUT2D eigenvalue weighted by Gasteiger charge is 2.20. The lowest BCUT2D eigenvalue weighted by molar-refractivity contribution is 0.595. The second-order valence-electron chi connectivity index (χ2n) is 7.89. The number of benzene rings is 3. The fourth-order valence-corrected chi connectivity index (χ4v) is 5.65. The fourth-order valence-electron chi connectivity index (χ4n) is 3.59. The summed E-state index contributed by atoms with van der Waals surface area (Å²) in [5.74, 6) is 0.864. The molecule has 0 amide bonds. The van der Waals surface area contributed by atoms with Gasteiger partial charge in [-0.15, -0.1) is 11.8 Å². The molecular formula is C26H32N2O2S2. The van der Waals surface area contributed by atoms with Crippen LogP contribution in [0, 0.1) is 0 Å². The number of sulfonamides is 1. The van der Waals surface area contributed by atoms with Crippen LogP contribution in [-0.4, -0.2) is 20.7 Å². The summed E-state index contributed by atoms with van der Waals surface area (Å²) in [6, 6.07) is 24.2. The van der Waals surface area contributed by atoms with Crippen molar-refractivity contribution < 1.29 is 8.42 Å². The molecule has 3 rings (SSSR count). The van der Waals surface area contributed by atoms with Gasteiger partial charge in [-0.3, -0.25) is 0 Å². The van der Waals surface area contributed by atoms with Crippen LogP contribution in [0.4, 0.5) is 0 Å². The van der Waals surface area contributed by atoms with E-state index in [-0.39, 0.29) is 4.90 Å². The third-order valence-corrected chi connectivity index (χ3v) is 7.35. The van der Waals surface area contributed by atoms with Gasteiger partial charge in [0.1, 0.15) is 0 Å². The minimum absolute atomic E-state index is 0.235. The smallest absolute Gasteiger partial charge is 0.238 e. The molecule has 0 aliphatic rings. The monoisotopic (exact) mass is 468 g/mol. The van der Waals surface area contributed by atoms with Crippen LogP contribution in [0.25, 0.3) is 0 Å². The highest BCUT2D eigenvalue weighted by molar-refractivity contribution is 7.99. The maximum Gasteiger partial charge on any atom is 0.238 e. The second kappa shape index (κ2) is 12.2. The quantitative estimate of drug-likeness (QED) is 0.285. The van der Waals surface area contributed by atoms with Gasteiger partial charge >= 0.3 is 0 Å². The Labute approximate surface area is 196 Å². The van der Waals surface area contributed by atoms with Crippen molar-refractivity contribution in [3.05, 3.63) is 95.1 Å². The van der Waals surface area contributed by atoms with Crippen LogP contribution >= 0.6 is 11.8 Å². The average Bonchev–Trinajstić information content (AvgIpc) is 2.78. The topological polar surface area (TPSA) is 72.2 Å². The summed E-state index contributed by atoms with van der Waals surface area (Å²) in [4.78, 5) is 1.22. The predicted octanol–water partition coefficient (Wildman–Crippen LogP) is 5.15. The molecule has 170 valence electrons. The van der Waals surface area contributed by atoms with Crippen molar-refractivity contribution in [1.82, 2.24) is 5.32 Å². The molecular weight excluding hydrogens is 436 g/mol. The predicted molar refractivity (Wildman–Crippen MR) is 135 cm³/mol. The van der Waals surface area contributed by atoms with E-state index in [4.69, 9.17) is 5.14 Å². The van der Waals surface area contributed by atoms with Crippen molar-refractivity contribution in [1.29, 1.82) is 0 Å². The molecule has 0 heterocycles. The highest BCUT2D eigenvalue weighted by atomic mass is 32.2. The maximum absolute atomic E-state index is 12.6. The zero-order chi connectivity index (χ0) is 22.8. The Kier molecular flexibility index (Phi) is 9.36. The van der Waals surface area contributed by atoms with Crippen molar-refractivity contribution in [3.8, 4) is 0 Å². The number of hydrogen-bond donors (Lipinski definition) is 2. The zero-order valence-electron chi connectivity index (χ0n) is 18.6. The molecule has 0 aromatic heterocycles. The van der Waals surface area contributed by atoms with E-state index in [0.29, 0.717) is 13.0 Å². The Morgan fingerprint density at radius 1 is 0.906 bits per heavy atom. The van der Waals surface area contributed by atoms with Gasteiger partial charge in [0.05, 0.1) is 4.90 Å². The van der Waals surface area contributed by atoms with Crippen LogP contribution in [0.2, 0.25) is 0 Å². The SMILES string of the molecule is CCCCNCc1cc(SCCc2ccccc2)c(Cc2ccccc2)c(S(N)(=O)=O)c1. The largest absolute Gasteiger partial charge is 0.313 e. The molecule has 3 aromatic rings. The van der Waals surface area contributed by atoms with Crippen LogP contribution in [-0.2, 0) is 29.4 Å². The Morgan fingerprint density at radius 3 is 2.19 bits per heavy atom. The number of nitrogens with one attached hydrogen (secondary N) is 1. The normalized spacial score (nSPS) is 11.6. The van der Waals surface area contributed by atoms with Gasteiger partial charge in [-0.25, -0.2) is 13.6 Å². The van der Waals surface area contributed by atoms with Crippen molar-refractivity contribution in [3.63, 3.8) is 0 Å². The van der Waals surface area contributed by atoms with E-state index in [1.807, 2.05) is 48.5 Å². The molecule has 0 aliphatic heterocycles. The van der Waals surface area contributed by atoms with Crippen molar-refractivity contribution in [2.75, 3.05) is 12.3 Å². The van der Waals surface area contributed by atoms with Gasteiger partial charge in [-0.05, 0) is 60.2 Å². The molecule has 3 N–H and O–H groups in total. The number of primary sulfonamides is 1. The molecule has 0 aliphatic carbocycles. The molecule has 4 nitrogen and oxygen atoms in total. The molecule has 0 saturated carbocycles. The number of hydrogen-bond acceptors (Lipinski definition) is 4. The molecule has 32 heavy (non-hydrogen) atoms. The van der Waals surface area contributed by atoms with Gasteiger partial charge in [-0.2, -0.15) is 0 Å². The number of unbranched alkanes of at least 4 members (excludes halogenated alkanes) is 1. The first-order valence-corrected chi connectivity index (χ1v) is 13.6. The highest BCUT2D eigenvalue weighted by Crippen LogP contribution is 2.32. The minimum Gasteiger partial charge on any atom is -0.313 e. The first-order valence-electron chi connectivity index (χ1n) is 11.1. The minimum atomic E-state index is -3.85. The summed E-state index contributed by atoms with van der Waals surface area (Å²) < 4.78 is 25.1. The molecule has 0 bridgehead atoms. The van der Waals surface area contributed by atoms with E-state index in [1.165, 1.54) is 5.56 Å². The Balaban J connectivity index is 1.92. The van der Waals surface area contributed by atoms with Crippen molar-refractivity contribution in [2.24, 2.45) is 5.14 Å². The first-order chi connectivity index (χ1) is 15.5. The van der Waals surface area contributed by atoms with E-state index >= 15 is 0 Å². The van der Waals surface area contributed by atoms with E-state index in [9.17, 15) is 8.42 Å². The Bertz CT molecular complexity index is 1090. The van der Waals surface area contributed by atoms with E-state index in [1.54, 1.807) is 17.8 Å². The van der Waals surface area contributed by atoms with E-state index in [2.05, 4.69) is 30.4 Å². The van der Waals surface area contributed by atoms with Crippen LogP contribution in [0.1, 0.15) is 42.0 Å². The summed E-state index contributed by atoms with van der Waals surface area (Å²) in [5.41, 5.74) is 4.07. The third kappa shape index (κ3) is 7.48. The maximum atomic E-state index is 12.6. The Hall–Kier alpha value is -2.12. The van der Waals surface area contributed by atoms with Crippen LogP contribution in [0.5, 0.6) is 0 Å².